The lowest BCUT2D eigenvalue weighted by molar-refractivity contribution is -0.110. The highest BCUT2D eigenvalue weighted by Gasteiger charge is 2.30. The van der Waals surface area contributed by atoms with Gasteiger partial charge in [0.2, 0.25) is 0 Å². The normalized spacial score (nSPS) is 18.9. The zero-order valence-corrected chi connectivity index (χ0v) is 19.1. The number of anilines is 2. The maximum atomic E-state index is 14.1. The van der Waals surface area contributed by atoms with Gasteiger partial charge in [-0.25, -0.2) is 13.6 Å². The van der Waals surface area contributed by atoms with Gasteiger partial charge in [-0.1, -0.05) is 12.1 Å². The Bertz CT molecular complexity index is 1270. The maximum Gasteiger partial charge on any atom is 0.257 e. The molecule has 1 saturated heterocycles. The number of halogens is 1. The van der Waals surface area contributed by atoms with Crippen LogP contribution in [-0.4, -0.2) is 54.5 Å². The third-order valence-corrected chi connectivity index (χ3v) is 6.70. The largest absolute Gasteiger partial charge is 0.382 e. The molecule has 5 rings (SSSR count). The summed E-state index contributed by atoms with van der Waals surface area (Å²) in [6.07, 6.45) is 4.95. The number of rotatable bonds is 6. The fourth-order valence-electron chi connectivity index (χ4n) is 4.55. The summed E-state index contributed by atoms with van der Waals surface area (Å²) in [5.74, 6) is -0.0142. The number of likely N-dealkylation sites (tertiary alicyclic amines) is 1. The Hall–Kier alpha value is -3.34. The summed E-state index contributed by atoms with van der Waals surface area (Å²) >= 11 is -1.82. The number of carbonyl (C=O) groups is 1. The molecule has 3 aromatic rings. The minimum Gasteiger partial charge on any atom is -0.382 e. The van der Waals surface area contributed by atoms with Crippen LogP contribution < -0.4 is 10.6 Å². The molecule has 3 heterocycles. The van der Waals surface area contributed by atoms with Crippen molar-refractivity contribution in [3.8, 4) is 0 Å². The number of aromatic nitrogens is 2. The highest BCUT2D eigenvalue weighted by atomic mass is 32.2. The smallest absolute Gasteiger partial charge is 0.257 e. The van der Waals surface area contributed by atoms with E-state index in [4.69, 9.17) is 4.55 Å². The minimum absolute atomic E-state index is 0.170. The summed E-state index contributed by atoms with van der Waals surface area (Å²) in [5.41, 5.74) is 3.79. The van der Waals surface area contributed by atoms with Crippen molar-refractivity contribution in [3.63, 3.8) is 0 Å². The van der Waals surface area contributed by atoms with Gasteiger partial charge in [0.1, 0.15) is 17.5 Å². The van der Waals surface area contributed by atoms with Crippen LogP contribution in [0.25, 0.3) is 11.1 Å². The SMILES string of the molecule is O=C1Nc2ccc(NC3CCN(CS(=O)O)CC3)cc2C1=C(c1cccc(F)c1)c1ncc[nH]1. The maximum absolute atomic E-state index is 14.1. The number of amides is 1. The first-order chi connectivity index (χ1) is 16.5. The highest BCUT2D eigenvalue weighted by Crippen LogP contribution is 2.40. The summed E-state index contributed by atoms with van der Waals surface area (Å²) in [6, 6.07) is 12.1. The molecule has 1 fully saturated rings. The number of piperidine rings is 1. The molecule has 2 aliphatic rings. The van der Waals surface area contributed by atoms with Gasteiger partial charge in [0.05, 0.1) is 5.57 Å². The molecule has 10 heteroatoms. The van der Waals surface area contributed by atoms with Crippen LogP contribution in [0.2, 0.25) is 0 Å². The average Bonchev–Trinajstić information content (AvgIpc) is 3.44. The number of imidazole rings is 1. The number of nitrogens with one attached hydrogen (secondary N) is 3. The van der Waals surface area contributed by atoms with Crippen LogP contribution >= 0.6 is 0 Å². The van der Waals surface area contributed by atoms with Crippen LogP contribution in [0.15, 0.2) is 54.9 Å². The Morgan fingerprint density at radius 2 is 2.06 bits per heavy atom. The molecule has 2 aliphatic heterocycles. The van der Waals surface area contributed by atoms with Gasteiger partial charge in [-0.3, -0.25) is 9.69 Å². The minimum atomic E-state index is -1.82. The van der Waals surface area contributed by atoms with Crippen molar-refractivity contribution in [2.24, 2.45) is 0 Å². The number of aromatic amines is 1. The number of carbonyl (C=O) groups excluding carboxylic acids is 1. The van der Waals surface area contributed by atoms with Gasteiger partial charge in [0.15, 0.2) is 11.1 Å². The van der Waals surface area contributed by atoms with Crippen molar-refractivity contribution in [1.29, 1.82) is 0 Å². The number of fused-ring (bicyclic) bond motifs is 1. The van der Waals surface area contributed by atoms with Crippen LogP contribution in [0.4, 0.5) is 15.8 Å². The lowest BCUT2D eigenvalue weighted by Gasteiger charge is -2.32. The zero-order valence-electron chi connectivity index (χ0n) is 18.3. The van der Waals surface area contributed by atoms with E-state index in [0.717, 1.165) is 37.2 Å². The van der Waals surface area contributed by atoms with Gasteiger partial charge in [0, 0.05) is 54.0 Å². The van der Waals surface area contributed by atoms with E-state index in [1.807, 2.05) is 23.1 Å². The van der Waals surface area contributed by atoms with Gasteiger partial charge in [-0.15, -0.1) is 0 Å². The molecular formula is C24H24FN5O3S. The van der Waals surface area contributed by atoms with Crippen LogP contribution in [0.5, 0.6) is 0 Å². The van der Waals surface area contributed by atoms with Crippen molar-refractivity contribution in [3.05, 3.63) is 77.6 Å². The lowest BCUT2D eigenvalue weighted by atomic mass is 9.94. The third-order valence-electron chi connectivity index (χ3n) is 6.11. The van der Waals surface area contributed by atoms with Crippen molar-refractivity contribution in [1.82, 2.24) is 14.9 Å². The average molecular weight is 482 g/mol. The van der Waals surface area contributed by atoms with Crippen molar-refractivity contribution in [2.45, 2.75) is 18.9 Å². The molecule has 0 radical (unpaired) electrons. The van der Waals surface area contributed by atoms with Crippen LogP contribution in [0.1, 0.15) is 29.8 Å². The summed E-state index contributed by atoms with van der Waals surface area (Å²) in [6.45, 7) is 1.48. The number of hydrogen-bond acceptors (Lipinski definition) is 5. The van der Waals surface area contributed by atoms with E-state index in [2.05, 4.69) is 20.6 Å². The highest BCUT2D eigenvalue weighted by molar-refractivity contribution is 7.79. The first kappa shape index (κ1) is 22.5. The molecular weight excluding hydrogens is 457 g/mol. The second-order valence-electron chi connectivity index (χ2n) is 8.40. The Morgan fingerprint density at radius 3 is 2.76 bits per heavy atom. The summed E-state index contributed by atoms with van der Waals surface area (Å²) in [7, 11) is 0. The van der Waals surface area contributed by atoms with Crippen molar-refractivity contribution < 1.29 is 17.9 Å². The van der Waals surface area contributed by atoms with E-state index in [1.54, 1.807) is 24.5 Å². The van der Waals surface area contributed by atoms with Gasteiger partial charge in [-0.2, -0.15) is 0 Å². The molecule has 0 saturated carbocycles. The van der Waals surface area contributed by atoms with Crippen LogP contribution in [-0.2, 0) is 15.9 Å². The van der Waals surface area contributed by atoms with Crippen molar-refractivity contribution in [2.75, 3.05) is 29.6 Å². The molecule has 4 N–H and O–H groups in total. The Morgan fingerprint density at radius 1 is 1.24 bits per heavy atom. The standard InChI is InChI=1S/C24H24FN5O3S/c25-16-3-1-2-15(12-16)21(23-26-8-9-27-23)22-19-13-18(4-5-20(19)29-24(22)31)28-17-6-10-30(11-7-17)14-34(32)33/h1-5,8-9,12-13,17,28H,6-7,10-11,14H2,(H,26,27)(H,29,31)(H,32,33). The molecule has 8 nitrogen and oxygen atoms in total. The van der Waals surface area contributed by atoms with Crippen LogP contribution in [0.3, 0.4) is 0 Å². The Labute approximate surface area is 198 Å². The second-order valence-corrected chi connectivity index (χ2v) is 9.30. The van der Waals surface area contributed by atoms with E-state index in [9.17, 15) is 13.4 Å². The van der Waals surface area contributed by atoms with Crippen molar-refractivity contribution >= 4 is 39.5 Å². The topological polar surface area (TPSA) is 110 Å². The second kappa shape index (κ2) is 9.49. The molecule has 0 aliphatic carbocycles. The number of hydrogen-bond donors (Lipinski definition) is 4. The summed E-state index contributed by atoms with van der Waals surface area (Å²) in [5, 5.41) is 6.44. The lowest BCUT2D eigenvalue weighted by Crippen LogP contribution is -2.40. The molecule has 2 aromatic carbocycles. The fourth-order valence-corrected chi connectivity index (χ4v) is 5.12. The fraction of sp³-hybridized carbons (Fsp3) is 0.250. The Kier molecular flexibility index (Phi) is 6.27. The van der Waals surface area contributed by atoms with Gasteiger partial charge >= 0.3 is 0 Å². The molecule has 34 heavy (non-hydrogen) atoms. The van der Waals surface area contributed by atoms with E-state index < -0.39 is 16.9 Å². The molecule has 1 amide bonds. The predicted molar refractivity (Wildman–Crippen MR) is 130 cm³/mol. The number of H-pyrrole nitrogens is 1. The van der Waals surface area contributed by atoms with Crippen LogP contribution in [0, 0.1) is 5.82 Å². The first-order valence-corrected chi connectivity index (χ1v) is 12.3. The molecule has 0 bridgehead atoms. The monoisotopic (exact) mass is 481 g/mol. The third kappa shape index (κ3) is 4.65. The molecule has 176 valence electrons. The molecule has 0 spiro atoms. The quantitative estimate of drug-likeness (QED) is 0.317. The van der Waals surface area contributed by atoms with Gasteiger partial charge < -0.3 is 20.2 Å². The van der Waals surface area contributed by atoms with E-state index >= 15 is 0 Å². The number of benzene rings is 2. The summed E-state index contributed by atoms with van der Waals surface area (Å²) < 4.78 is 34.2. The van der Waals surface area contributed by atoms with Gasteiger partial charge in [-0.05, 0) is 48.7 Å². The Balaban J connectivity index is 1.48. The first-order valence-electron chi connectivity index (χ1n) is 11.0. The van der Waals surface area contributed by atoms with Gasteiger partial charge in [0.25, 0.3) is 5.91 Å². The summed E-state index contributed by atoms with van der Waals surface area (Å²) in [4.78, 5) is 22.4. The van der Waals surface area contributed by atoms with E-state index in [-0.39, 0.29) is 17.8 Å². The molecule has 1 atom stereocenters. The van der Waals surface area contributed by atoms with E-state index in [0.29, 0.717) is 28.2 Å². The predicted octanol–water partition coefficient (Wildman–Crippen LogP) is 3.52. The number of nitrogens with zero attached hydrogens (tertiary/aromatic N) is 2. The molecule has 1 unspecified atom stereocenters. The van der Waals surface area contributed by atoms with E-state index in [1.165, 1.54) is 12.1 Å². The molecule has 1 aromatic heterocycles. The zero-order chi connectivity index (χ0) is 23.7.